The molecule has 0 radical (unpaired) electrons. The third kappa shape index (κ3) is 3.89. The molecule has 0 aliphatic carbocycles. The summed E-state index contributed by atoms with van der Waals surface area (Å²) in [6, 6.07) is 5.98. The molecular weight excluding hydrogens is 320 g/mol. The van der Waals surface area contributed by atoms with Crippen LogP contribution in [0.5, 0.6) is 0 Å². The van der Waals surface area contributed by atoms with Crippen molar-refractivity contribution in [1.82, 2.24) is 5.16 Å². The normalized spacial score (nSPS) is 11.5. The first-order valence-electron chi connectivity index (χ1n) is 6.97. The molecule has 2 rings (SSSR count). The van der Waals surface area contributed by atoms with Crippen molar-refractivity contribution in [3.8, 4) is 0 Å². The molecule has 1 aromatic carbocycles. The summed E-state index contributed by atoms with van der Waals surface area (Å²) in [5.41, 5.74) is 0.956. The molecule has 0 aliphatic heterocycles. The van der Waals surface area contributed by atoms with Crippen molar-refractivity contribution in [3.63, 3.8) is 0 Å². The number of aryl methyl sites for hydroxylation is 2. The van der Waals surface area contributed by atoms with E-state index in [1.54, 1.807) is 20.8 Å². The number of aromatic nitrogens is 1. The van der Waals surface area contributed by atoms with E-state index in [0.29, 0.717) is 11.3 Å². The molecule has 0 spiro atoms. The lowest BCUT2D eigenvalue weighted by atomic mass is 10.2. The van der Waals surface area contributed by atoms with Gasteiger partial charge in [-0.15, -0.1) is 0 Å². The zero-order chi connectivity index (χ0) is 17.2. The Hall–Kier alpha value is -2.35. The van der Waals surface area contributed by atoms with E-state index >= 15 is 0 Å². The quantitative estimate of drug-likeness (QED) is 0.842. The summed E-state index contributed by atoms with van der Waals surface area (Å²) in [7, 11) is -3.81. The number of benzene rings is 1. The zero-order valence-electron chi connectivity index (χ0n) is 13.3. The fraction of sp³-hybridized carbons (Fsp3) is 0.333. The number of esters is 1. The van der Waals surface area contributed by atoms with Gasteiger partial charge in [-0.3, -0.25) is 4.72 Å². The third-order valence-corrected chi connectivity index (χ3v) is 4.58. The average Bonchev–Trinajstić information content (AvgIpc) is 2.78. The Bertz CT molecular complexity index is 787. The summed E-state index contributed by atoms with van der Waals surface area (Å²) in [5, 5.41) is 3.63. The Morgan fingerprint density at radius 1 is 1.22 bits per heavy atom. The Morgan fingerprint density at radius 3 is 2.30 bits per heavy atom. The number of ether oxygens (including phenoxy) is 1. The van der Waals surface area contributed by atoms with Crippen molar-refractivity contribution in [2.24, 2.45) is 0 Å². The maximum absolute atomic E-state index is 12.4. The SMILES string of the molecule is Cc1noc(C)c1S(=O)(=O)Nc1ccc(C(=O)OC(C)C)cc1. The molecule has 23 heavy (non-hydrogen) atoms. The number of rotatable bonds is 5. The number of nitrogens with one attached hydrogen (secondary N) is 1. The van der Waals surface area contributed by atoms with E-state index in [1.807, 2.05) is 0 Å². The standard InChI is InChI=1S/C15H18N2O5S/c1-9(2)21-15(18)12-5-7-13(8-6-12)17-23(19,20)14-10(3)16-22-11(14)4/h5-9,17H,1-4H3. The molecule has 0 aliphatic rings. The van der Waals surface area contributed by atoms with Gasteiger partial charge < -0.3 is 9.26 Å². The largest absolute Gasteiger partial charge is 0.459 e. The Kier molecular flexibility index (Phi) is 4.74. The predicted molar refractivity (Wildman–Crippen MR) is 83.8 cm³/mol. The van der Waals surface area contributed by atoms with Gasteiger partial charge >= 0.3 is 5.97 Å². The lowest BCUT2D eigenvalue weighted by Gasteiger charge is -2.10. The first-order chi connectivity index (χ1) is 10.7. The van der Waals surface area contributed by atoms with Crippen LogP contribution in [0.4, 0.5) is 5.69 Å². The maximum atomic E-state index is 12.4. The van der Waals surface area contributed by atoms with Gasteiger partial charge in [-0.05, 0) is 52.0 Å². The van der Waals surface area contributed by atoms with E-state index < -0.39 is 16.0 Å². The van der Waals surface area contributed by atoms with Crippen LogP contribution in [0.2, 0.25) is 0 Å². The number of anilines is 1. The van der Waals surface area contributed by atoms with Crippen LogP contribution in [-0.4, -0.2) is 25.6 Å². The van der Waals surface area contributed by atoms with Crippen LogP contribution in [0.1, 0.15) is 35.7 Å². The van der Waals surface area contributed by atoms with E-state index in [0.717, 1.165) is 0 Å². The smallest absolute Gasteiger partial charge is 0.338 e. The number of sulfonamides is 1. The fourth-order valence-electron chi connectivity index (χ4n) is 2.02. The molecule has 0 saturated carbocycles. The van der Waals surface area contributed by atoms with Crippen LogP contribution in [0.25, 0.3) is 0 Å². The van der Waals surface area contributed by atoms with Crippen LogP contribution in [-0.2, 0) is 14.8 Å². The summed E-state index contributed by atoms with van der Waals surface area (Å²) < 4.78 is 37.1. The summed E-state index contributed by atoms with van der Waals surface area (Å²) in [6.45, 7) is 6.59. The molecule has 124 valence electrons. The summed E-state index contributed by atoms with van der Waals surface area (Å²) in [5.74, 6) is -0.243. The van der Waals surface area contributed by atoms with Crippen molar-refractivity contribution in [3.05, 3.63) is 41.3 Å². The molecule has 1 N–H and O–H groups in total. The van der Waals surface area contributed by atoms with Gasteiger partial charge in [0.2, 0.25) is 0 Å². The van der Waals surface area contributed by atoms with Crippen molar-refractivity contribution in [2.75, 3.05) is 4.72 Å². The lowest BCUT2D eigenvalue weighted by Crippen LogP contribution is -2.15. The monoisotopic (exact) mass is 338 g/mol. The average molecular weight is 338 g/mol. The highest BCUT2D eigenvalue weighted by molar-refractivity contribution is 7.92. The second-order valence-corrected chi connectivity index (χ2v) is 6.91. The van der Waals surface area contributed by atoms with Crippen LogP contribution in [0.3, 0.4) is 0 Å². The molecular formula is C15H18N2O5S. The highest BCUT2D eigenvalue weighted by atomic mass is 32.2. The van der Waals surface area contributed by atoms with Crippen molar-refractivity contribution >= 4 is 21.7 Å². The van der Waals surface area contributed by atoms with Crippen LogP contribution >= 0.6 is 0 Å². The Labute approximate surface area is 134 Å². The van der Waals surface area contributed by atoms with Gasteiger partial charge in [0.15, 0.2) is 10.7 Å². The van der Waals surface area contributed by atoms with Gasteiger partial charge in [-0.2, -0.15) is 0 Å². The summed E-state index contributed by atoms with van der Waals surface area (Å²) in [4.78, 5) is 11.8. The fourth-order valence-corrected chi connectivity index (χ4v) is 3.41. The Morgan fingerprint density at radius 2 is 1.83 bits per heavy atom. The zero-order valence-corrected chi connectivity index (χ0v) is 14.1. The van der Waals surface area contributed by atoms with Gasteiger partial charge in [0.1, 0.15) is 5.69 Å². The maximum Gasteiger partial charge on any atom is 0.338 e. The van der Waals surface area contributed by atoms with Gasteiger partial charge in [-0.25, -0.2) is 13.2 Å². The minimum atomic E-state index is -3.81. The number of hydrogen-bond donors (Lipinski definition) is 1. The molecule has 1 heterocycles. The Balaban J connectivity index is 2.20. The van der Waals surface area contributed by atoms with Crippen molar-refractivity contribution < 1.29 is 22.5 Å². The van der Waals surface area contributed by atoms with Crippen molar-refractivity contribution in [2.45, 2.75) is 38.7 Å². The van der Waals surface area contributed by atoms with E-state index in [4.69, 9.17) is 9.26 Å². The van der Waals surface area contributed by atoms with Gasteiger partial charge in [0.25, 0.3) is 10.0 Å². The molecule has 0 fully saturated rings. The third-order valence-electron chi connectivity index (χ3n) is 2.95. The van der Waals surface area contributed by atoms with Crippen LogP contribution in [0, 0.1) is 13.8 Å². The second-order valence-electron chi connectivity index (χ2n) is 5.29. The van der Waals surface area contributed by atoms with E-state index in [-0.39, 0.29) is 22.5 Å². The summed E-state index contributed by atoms with van der Waals surface area (Å²) in [6.07, 6.45) is -0.222. The van der Waals surface area contributed by atoms with Gasteiger partial charge in [0.05, 0.1) is 11.7 Å². The lowest BCUT2D eigenvalue weighted by molar-refractivity contribution is 0.0378. The molecule has 0 saturated heterocycles. The predicted octanol–water partition coefficient (Wildman–Crippen LogP) is 2.66. The molecule has 7 nitrogen and oxygen atoms in total. The van der Waals surface area contributed by atoms with Crippen LogP contribution < -0.4 is 4.72 Å². The van der Waals surface area contributed by atoms with Crippen LogP contribution in [0.15, 0.2) is 33.7 Å². The molecule has 2 aromatic rings. The molecule has 0 amide bonds. The minimum absolute atomic E-state index is 0.0146. The number of carbonyl (C=O) groups is 1. The highest BCUT2D eigenvalue weighted by Gasteiger charge is 2.24. The molecule has 0 unspecified atom stereocenters. The first kappa shape index (κ1) is 17.0. The van der Waals surface area contributed by atoms with E-state index in [9.17, 15) is 13.2 Å². The van der Waals surface area contributed by atoms with Gasteiger partial charge in [0, 0.05) is 5.69 Å². The number of carbonyl (C=O) groups excluding carboxylic acids is 1. The molecule has 8 heteroatoms. The number of hydrogen-bond acceptors (Lipinski definition) is 6. The van der Waals surface area contributed by atoms with E-state index in [2.05, 4.69) is 9.88 Å². The second kappa shape index (κ2) is 6.41. The number of nitrogens with zero attached hydrogens (tertiary/aromatic N) is 1. The first-order valence-corrected chi connectivity index (χ1v) is 8.46. The molecule has 0 atom stereocenters. The minimum Gasteiger partial charge on any atom is -0.459 e. The van der Waals surface area contributed by atoms with Gasteiger partial charge in [-0.1, -0.05) is 5.16 Å². The summed E-state index contributed by atoms with van der Waals surface area (Å²) >= 11 is 0. The highest BCUT2D eigenvalue weighted by Crippen LogP contribution is 2.22. The molecule has 0 bridgehead atoms. The van der Waals surface area contributed by atoms with E-state index in [1.165, 1.54) is 31.2 Å². The van der Waals surface area contributed by atoms with Crippen molar-refractivity contribution in [1.29, 1.82) is 0 Å². The molecule has 1 aromatic heterocycles. The topological polar surface area (TPSA) is 98.5 Å².